The van der Waals surface area contributed by atoms with Gasteiger partial charge >= 0.3 is 0 Å². The zero-order valence-corrected chi connectivity index (χ0v) is 20.8. The van der Waals surface area contributed by atoms with E-state index in [9.17, 15) is 9.18 Å². The van der Waals surface area contributed by atoms with Gasteiger partial charge in [0.25, 0.3) is 5.91 Å². The lowest BCUT2D eigenvalue weighted by atomic mass is 10.0. The van der Waals surface area contributed by atoms with Gasteiger partial charge in [-0.3, -0.25) is 4.79 Å². The van der Waals surface area contributed by atoms with Crippen LogP contribution in [0.3, 0.4) is 0 Å². The lowest BCUT2D eigenvalue weighted by Crippen LogP contribution is -2.44. The topological polar surface area (TPSA) is 67.8 Å². The number of amides is 1. The standard InChI is InChI=1S/C26H34FN7O/c1-31(2)25(35)19-14-18-16-28-26(30-24(18)34(17-19)21-6-4-5-7-21)29-20-8-9-23(22(27)15-20)33-12-10-32(3)11-13-33/h8-9,14-16,21H,4-7,10-13,17H2,1-3H3,(H,28,29,30). The fourth-order valence-corrected chi connectivity index (χ4v) is 5.22. The van der Waals surface area contributed by atoms with Crippen LogP contribution in [0.2, 0.25) is 0 Å². The van der Waals surface area contributed by atoms with Gasteiger partial charge in [0.2, 0.25) is 5.95 Å². The van der Waals surface area contributed by atoms with Crippen LogP contribution in [-0.4, -0.2) is 85.6 Å². The number of carbonyl (C=O) groups excluding carboxylic acids is 1. The molecule has 5 rings (SSSR count). The molecule has 1 saturated heterocycles. The van der Waals surface area contributed by atoms with Crippen molar-refractivity contribution < 1.29 is 9.18 Å². The predicted molar refractivity (Wildman–Crippen MR) is 138 cm³/mol. The molecule has 3 aliphatic rings. The maximum atomic E-state index is 15.0. The van der Waals surface area contributed by atoms with Crippen LogP contribution in [0.1, 0.15) is 31.2 Å². The van der Waals surface area contributed by atoms with Gasteiger partial charge in [-0.15, -0.1) is 0 Å². The van der Waals surface area contributed by atoms with Crippen LogP contribution in [0.5, 0.6) is 0 Å². The van der Waals surface area contributed by atoms with Gasteiger partial charge in [0, 0.05) is 69.3 Å². The summed E-state index contributed by atoms with van der Waals surface area (Å²) in [7, 11) is 5.64. The van der Waals surface area contributed by atoms with E-state index < -0.39 is 0 Å². The SMILES string of the molecule is CN1CCN(c2ccc(Nc3ncc4c(n3)N(C3CCCC3)CC(C(=O)N(C)C)=C4)cc2F)CC1. The fourth-order valence-electron chi connectivity index (χ4n) is 5.22. The van der Waals surface area contributed by atoms with Crippen molar-refractivity contribution >= 4 is 35.1 Å². The highest BCUT2D eigenvalue weighted by atomic mass is 19.1. The molecular formula is C26H34FN7O. The second-order valence-electron chi connectivity index (χ2n) is 9.99. The van der Waals surface area contributed by atoms with E-state index in [0.29, 0.717) is 29.9 Å². The van der Waals surface area contributed by atoms with E-state index >= 15 is 0 Å². The van der Waals surface area contributed by atoms with Crippen molar-refractivity contribution in [3.05, 3.63) is 41.3 Å². The Bertz CT molecular complexity index is 1120. The maximum Gasteiger partial charge on any atom is 0.251 e. The van der Waals surface area contributed by atoms with Crippen molar-refractivity contribution in [1.29, 1.82) is 0 Å². The number of nitrogens with zero attached hydrogens (tertiary/aromatic N) is 6. The number of piperazine rings is 1. The molecule has 2 aliphatic heterocycles. The summed E-state index contributed by atoms with van der Waals surface area (Å²) in [5, 5.41) is 3.18. The lowest BCUT2D eigenvalue weighted by molar-refractivity contribution is -0.124. The Kier molecular flexibility index (Phi) is 6.60. The van der Waals surface area contributed by atoms with Crippen LogP contribution >= 0.6 is 0 Å². The highest BCUT2D eigenvalue weighted by Gasteiger charge is 2.31. The van der Waals surface area contributed by atoms with Gasteiger partial charge in [0.05, 0.1) is 12.2 Å². The highest BCUT2D eigenvalue weighted by Crippen LogP contribution is 2.35. The molecule has 2 fully saturated rings. The van der Waals surface area contributed by atoms with Crippen LogP contribution in [0.25, 0.3) is 6.08 Å². The van der Waals surface area contributed by atoms with E-state index in [-0.39, 0.29) is 11.7 Å². The van der Waals surface area contributed by atoms with Gasteiger partial charge in [-0.2, -0.15) is 4.98 Å². The van der Waals surface area contributed by atoms with Crippen molar-refractivity contribution in [2.24, 2.45) is 0 Å². The fraction of sp³-hybridized carbons (Fsp3) is 0.500. The molecule has 0 radical (unpaired) electrons. The number of carbonyl (C=O) groups is 1. The summed E-state index contributed by atoms with van der Waals surface area (Å²) in [5.41, 5.74) is 2.84. The molecule has 0 atom stereocenters. The van der Waals surface area contributed by atoms with E-state index in [2.05, 4.69) is 32.0 Å². The first-order valence-electron chi connectivity index (χ1n) is 12.4. The number of fused-ring (bicyclic) bond motifs is 1. The summed E-state index contributed by atoms with van der Waals surface area (Å²) >= 11 is 0. The van der Waals surface area contributed by atoms with Gasteiger partial charge in [-0.25, -0.2) is 9.37 Å². The molecule has 1 aliphatic carbocycles. The number of nitrogens with one attached hydrogen (secondary N) is 1. The molecule has 1 amide bonds. The molecular weight excluding hydrogens is 445 g/mol. The third-order valence-corrected chi connectivity index (χ3v) is 7.23. The molecule has 1 aromatic carbocycles. The molecule has 1 N–H and O–H groups in total. The Balaban J connectivity index is 1.39. The van der Waals surface area contributed by atoms with Crippen LogP contribution in [0.15, 0.2) is 30.0 Å². The number of halogens is 1. The normalized spacial score (nSPS) is 18.9. The van der Waals surface area contributed by atoms with Crippen LogP contribution < -0.4 is 15.1 Å². The number of hydrogen-bond donors (Lipinski definition) is 1. The van der Waals surface area contributed by atoms with Crippen molar-refractivity contribution in [3.8, 4) is 0 Å². The zero-order valence-electron chi connectivity index (χ0n) is 20.8. The largest absolute Gasteiger partial charge is 0.367 e. The second kappa shape index (κ2) is 9.81. The second-order valence-corrected chi connectivity index (χ2v) is 9.99. The molecule has 35 heavy (non-hydrogen) atoms. The quantitative estimate of drug-likeness (QED) is 0.706. The van der Waals surface area contributed by atoms with Crippen molar-refractivity contribution in [2.45, 2.75) is 31.7 Å². The third-order valence-electron chi connectivity index (χ3n) is 7.23. The van der Waals surface area contributed by atoms with Crippen LogP contribution in [0, 0.1) is 5.82 Å². The molecule has 0 unspecified atom stereocenters. The summed E-state index contributed by atoms with van der Waals surface area (Å²) in [4.78, 5) is 30.2. The first-order chi connectivity index (χ1) is 16.9. The molecule has 2 aromatic rings. The third kappa shape index (κ3) is 4.96. The van der Waals surface area contributed by atoms with E-state index in [1.807, 2.05) is 18.2 Å². The maximum absolute atomic E-state index is 15.0. The summed E-state index contributed by atoms with van der Waals surface area (Å²) in [5.74, 6) is 1.02. The van der Waals surface area contributed by atoms with Crippen LogP contribution in [0.4, 0.5) is 27.5 Å². The highest BCUT2D eigenvalue weighted by molar-refractivity contribution is 6.00. The monoisotopic (exact) mass is 479 g/mol. The first-order valence-corrected chi connectivity index (χ1v) is 12.4. The van der Waals surface area contributed by atoms with Crippen molar-refractivity contribution in [2.75, 3.05) is 69.0 Å². The number of benzene rings is 1. The molecule has 1 saturated carbocycles. The number of hydrogen-bond acceptors (Lipinski definition) is 7. The molecule has 0 bridgehead atoms. The average molecular weight is 480 g/mol. The molecule has 3 heterocycles. The number of anilines is 4. The Hall–Kier alpha value is -3.20. The van der Waals surface area contributed by atoms with Gasteiger partial charge < -0.3 is 24.9 Å². The molecule has 186 valence electrons. The van der Waals surface area contributed by atoms with E-state index in [4.69, 9.17) is 4.98 Å². The van der Waals surface area contributed by atoms with E-state index in [1.165, 1.54) is 18.9 Å². The van der Waals surface area contributed by atoms with E-state index in [0.717, 1.165) is 56.0 Å². The molecule has 1 aromatic heterocycles. The number of likely N-dealkylation sites (N-methyl/N-ethyl adjacent to an activating group) is 2. The summed E-state index contributed by atoms with van der Waals surface area (Å²) in [6, 6.07) is 5.57. The van der Waals surface area contributed by atoms with Gasteiger partial charge in [0.15, 0.2) is 0 Å². The predicted octanol–water partition coefficient (Wildman–Crippen LogP) is 3.35. The van der Waals surface area contributed by atoms with E-state index in [1.54, 1.807) is 25.2 Å². The smallest absolute Gasteiger partial charge is 0.251 e. The van der Waals surface area contributed by atoms with Gasteiger partial charge in [0.1, 0.15) is 11.6 Å². The minimum absolute atomic E-state index is 0.0109. The molecule has 9 heteroatoms. The zero-order chi connectivity index (χ0) is 24.5. The number of rotatable bonds is 5. The Morgan fingerprint density at radius 1 is 1.14 bits per heavy atom. The summed E-state index contributed by atoms with van der Waals surface area (Å²) in [6.45, 7) is 4.03. The average Bonchev–Trinajstić information content (AvgIpc) is 3.38. The Morgan fingerprint density at radius 2 is 1.89 bits per heavy atom. The lowest BCUT2D eigenvalue weighted by Gasteiger charge is -2.35. The summed E-state index contributed by atoms with van der Waals surface area (Å²) < 4.78 is 15.0. The number of aromatic nitrogens is 2. The summed E-state index contributed by atoms with van der Waals surface area (Å²) in [6.07, 6.45) is 8.21. The van der Waals surface area contributed by atoms with Crippen LogP contribution in [-0.2, 0) is 4.79 Å². The minimum Gasteiger partial charge on any atom is -0.367 e. The van der Waals surface area contributed by atoms with Gasteiger partial charge in [-0.05, 0) is 44.2 Å². The Labute approximate surface area is 206 Å². The van der Waals surface area contributed by atoms with Gasteiger partial charge in [-0.1, -0.05) is 12.8 Å². The van der Waals surface area contributed by atoms with Crippen molar-refractivity contribution in [3.63, 3.8) is 0 Å². The minimum atomic E-state index is -0.250. The first kappa shape index (κ1) is 23.5. The Morgan fingerprint density at radius 3 is 2.57 bits per heavy atom. The molecule has 8 nitrogen and oxygen atoms in total. The molecule has 0 spiro atoms. The van der Waals surface area contributed by atoms with Crippen molar-refractivity contribution in [1.82, 2.24) is 19.8 Å².